The molecule has 1 spiro atoms. The number of urea groups is 1. The first-order valence-corrected chi connectivity index (χ1v) is 9.45. The van der Waals surface area contributed by atoms with Crippen LogP contribution in [0.3, 0.4) is 0 Å². The maximum absolute atomic E-state index is 12.8. The Morgan fingerprint density at radius 1 is 1.31 bits per heavy atom. The van der Waals surface area contributed by atoms with E-state index in [9.17, 15) is 19.2 Å². The molecular formula is C20H22N4O5. The number of amides is 4. The van der Waals surface area contributed by atoms with Crippen molar-refractivity contribution in [2.75, 3.05) is 18.5 Å². The number of rotatable bonds is 5. The highest BCUT2D eigenvalue weighted by Crippen LogP contribution is 2.38. The van der Waals surface area contributed by atoms with Crippen molar-refractivity contribution in [2.24, 2.45) is 5.92 Å². The summed E-state index contributed by atoms with van der Waals surface area (Å²) in [7, 11) is 0. The predicted octanol–water partition coefficient (Wildman–Crippen LogP) is 1.54. The van der Waals surface area contributed by atoms with Gasteiger partial charge in [-0.15, -0.1) is 0 Å². The van der Waals surface area contributed by atoms with Crippen molar-refractivity contribution in [3.63, 3.8) is 0 Å². The summed E-state index contributed by atoms with van der Waals surface area (Å²) in [6.07, 6.45) is 3.23. The highest BCUT2D eigenvalue weighted by molar-refractivity contribution is 6.09. The number of carbonyl (C=O) groups excluding carboxylic acids is 4. The monoisotopic (exact) mass is 398 g/mol. The zero-order valence-electron chi connectivity index (χ0n) is 16.1. The Hall–Kier alpha value is -3.41. The van der Waals surface area contributed by atoms with Gasteiger partial charge >= 0.3 is 12.0 Å². The molecule has 1 saturated heterocycles. The van der Waals surface area contributed by atoms with Crippen molar-refractivity contribution in [2.45, 2.75) is 38.1 Å². The van der Waals surface area contributed by atoms with Gasteiger partial charge in [0.05, 0.1) is 11.6 Å². The van der Waals surface area contributed by atoms with Crippen LogP contribution < -0.4 is 10.6 Å². The SMILES string of the molecule is C[C@H]1CCCC[C@]12NC(=O)N(CC(=O)OCC(=O)Nc1ccc(C#N)cc1)C2=O. The van der Waals surface area contributed by atoms with Gasteiger partial charge in [0.2, 0.25) is 0 Å². The molecule has 1 heterocycles. The molecule has 29 heavy (non-hydrogen) atoms. The molecule has 3 rings (SSSR count). The number of nitrogens with zero attached hydrogens (tertiary/aromatic N) is 2. The third kappa shape index (κ3) is 4.21. The molecular weight excluding hydrogens is 376 g/mol. The quantitative estimate of drug-likeness (QED) is 0.572. The number of carbonyl (C=O) groups is 4. The van der Waals surface area contributed by atoms with E-state index in [1.807, 2.05) is 13.0 Å². The largest absolute Gasteiger partial charge is 0.454 e. The first-order valence-electron chi connectivity index (χ1n) is 9.45. The van der Waals surface area contributed by atoms with Crippen LogP contribution in [0.4, 0.5) is 10.5 Å². The molecule has 9 heteroatoms. The molecule has 1 aliphatic carbocycles. The van der Waals surface area contributed by atoms with Crippen molar-refractivity contribution in [1.29, 1.82) is 5.26 Å². The average molecular weight is 398 g/mol. The molecule has 0 radical (unpaired) electrons. The Kier molecular flexibility index (Phi) is 5.82. The van der Waals surface area contributed by atoms with Gasteiger partial charge in [-0.25, -0.2) is 4.79 Å². The number of imide groups is 1. The van der Waals surface area contributed by atoms with E-state index < -0.39 is 42.5 Å². The summed E-state index contributed by atoms with van der Waals surface area (Å²) in [5.41, 5.74) is -0.0387. The smallest absolute Gasteiger partial charge is 0.326 e. The van der Waals surface area contributed by atoms with Gasteiger partial charge in [0.25, 0.3) is 11.8 Å². The Morgan fingerprint density at radius 2 is 2.03 bits per heavy atom. The second kappa shape index (κ2) is 8.31. The fourth-order valence-corrected chi connectivity index (χ4v) is 3.78. The van der Waals surface area contributed by atoms with Gasteiger partial charge < -0.3 is 15.4 Å². The van der Waals surface area contributed by atoms with Crippen LogP contribution in [0.25, 0.3) is 0 Å². The normalized spacial score (nSPS) is 23.4. The first-order chi connectivity index (χ1) is 13.9. The zero-order valence-corrected chi connectivity index (χ0v) is 16.1. The van der Waals surface area contributed by atoms with Crippen LogP contribution in [0, 0.1) is 17.2 Å². The van der Waals surface area contributed by atoms with Gasteiger partial charge in [-0.05, 0) is 43.0 Å². The lowest BCUT2D eigenvalue weighted by molar-refractivity contribution is -0.150. The number of esters is 1. The molecule has 9 nitrogen and oxygen atoms in total. The molecule has 1 aromatic carbocycles. The van der Waals surface area contributed by atoms with Crippen molar-refractivity contribution < 1.29 is 23.9 Å². The van der Waals surface area contributed by atoms with Gasteiger partial charge in [0.15, 0.2) is 6.61 Å². The maximum Gasteiger partial charge on any atom is 0.326 e. The third-order valence-corrected chi connectivity index (χ3v) is 5.45. The van der Waals surface area contributed by atoms with E-state index in [-0.39, 0.29) is 5.92 Å². The topological polar surface area (TPSA) is 129 Å². The summed E-state index contributed by atoms with van der Waals surface area (Å²) in [5.74, 6) is -1.83. The van der Waals surface area contributed by atoms with Crippen molar-refractivity contribution in [3.05, 3.63) is 29.8 Å². The number of benzene rings is 1. The molecule has 1 aromatic rings. The summed E-state index contributed by atoms with van der Waals surface area (Å²) in [4.78, 5) is 49.9. The number of hydrogen-bond acceptors (Lipinski definition) is 6. The number of nitriles is 1. The maximum atomic E-state index is 12.8. The van der Waals surface area contributed by atoms with Gasteiger partial charge in [-0.3, -0.25) is 19.3 Å². The molecule has 0 aromatic heterocycles. The van der Waals surface area contributed by atoms with Crippen LogP contribution in [0.15, 0.2) is 24.3 Å². The predicted molar refractivity (Wildman–Crippen MR) is 101 cm³/mol. The average Bonchev–Trinajstić information content (AvgIpc) is 2.94. The summed E-state index contributed by atoms with van der Waals surface area (Å²) >= 11 is 0. The minimum atomic E-state index is -0.942. The fraction of sp³-hybridized carbons (Fsp3) is 0.450. The Balaban J connectivity index is 1.51. The van der Waals surface area contributed by atoms with Crippen molar-refractivity contribution >= 4 is 29.5 Å². The lowest BCUT2D eigenvalue weighted by Gasteiger charge is -2.36. The molecule has 152 valence electrons. The Labute approximate surface area is 168 Å². The lowest BCUT2D eigenvalue weighted by atomic mass is 9.73. The van der Waals surface area contributed by atoms with Crippen molar-refractivity contribution in [3.8, 4) is 6.07 Å². The molecule has 2 atom stereocenters. The van der Waals surface area contributed by atoms with E-state index in [2.05, 4.69) is 10.6 Å². The minimum Gasteiger partial charge on any atom is -0.454 e. The molecule has 2 aliphatic rings. The molecule has 2 N–H and O–H groups in total. The summed E-state index contributed by atoms with van der Waals surface area (Å²) < 4.78 is 4.90. The second-order valence-corrected chi connectivity index (χ2v) is 7.34. The third-order valence-electron chi connectivity index (χ3n) is 5.45. The Morgan fingerprint density at radius 3 is 2.69 bits per heavy atom. The zero-order chi connectivity index (χ0) is 21.0. The van der Waals surface area contributed by atoms with Crippen LogP contribution >= 0.6 is 0 Å². The van der Waals surface area contributed by atoms with Crippen LogP contribution in [0.1, 0.15) is 38.2 Å². The van der Waals surface area contributed by atoms with E-state index in [0.29, 0.717) is 17.7 Å². The van der Waals surface area contributed by atoms with E-state index in [1.54, 1.807) is 24.3 Å². The van der Waals surface area contributed by atoms with Gasteiger partial charge in [0, 0.05) is 5.69 Å². The lowest BCUT2D eigenvalue weighted by Crippen LogP contribution is -2.54. The number of nitrogens with one attached hydrogen (secondary N) is 2. The Bertz CT molecular complexity index is 876. The van der Waals surface area contributed by atoms with E-state index >= 15 is 0 Å². The number of hydrogen-bond donors (Lipinski definition) is 2. The molecule has 0 bridgehead atoms. The van der Waals surface area contributed by atoms with Crippen molar-refractivity contribution in [1.82, 2.24) is 10.2 Å². The molecule has 1 saturated carbocycles. The highest BCUT2D eigenvalue weighted by atomic mass is 16.5. The number of ether oxygens (including phenoxy) is 1. The first kappa shape index (κ1) is 20.3. The van der Waals surface area contributed by atoms with Crippen LogP contribution in [-0.2, 0) is 19.1 Å². The van der Waals surface area contributed by atoms with Gasteiger partial charge in [-0.1, -0.05) is 19.8 Å². The molecule has 0 unspecified atom stereocenters. The van der Waals surface area contributed by atoms with Crippen LogP contribution in [0.2, 0.25) is 0 Å². The van der Waals surface area contributed by atoms with E-state index in [4.69, 9.17) is 10.00 Å². The van der Waals surface area contributed by atoms with Gasteiger partial charge in [-0.2, -0.15) is 5.26 Å². The standard InChI is InChI=1S/C20H22N4O5/c1-13-4-2-3-9-20(13)18(27)24(19(28)23-20)11-17(26)29-12-16(25)22-15-7-5-14(10-21)6-8-15/h5-8,13H,2-4,9,11-12H2,1H3,(H,22,25)(H,23,28)/t13-,20-/m0/s1. The summed E-state index contributed by atoms with van der Waals surface area (Å²) in [6.45, 7) is 0.833. The molecule has 1 aliphatic heterocycles. The number of anilines is 1. The summed E-state index contributed by atoms with van der Waals surface area (Å²) in [6, 6.07) is 7.55. The van der Waals surface area contributed by atoms with E-state index in [0.717, 1.165) is 24.2 Å². The van der Waals surface area contributed by atoms with E-state index in [1.165, 1.54) is 0 Å². The van der Waals surface area contributed by atoms with Crippen LogP contribution in [-0.4, -0.2) is 47.4 Å². The fourth-order valence-electron chi connectivity index (χ4n) is 3.78. The highest BCUT2D eigenvalue weighted by Gasteiger charge is 2.55. The summed E-state index contributed by atoms with van der Waals surface area (Å²) in [5, 5.41) is 14.0. The second-order valence-electron chi connectivity index (χ2n) is 7.34. The minimum absolute atomic E-state index is 0.00748. The van der Waals surface area contributed by atoms with Gasteiger partial charge in [0.1, 0.15) is 12.1 Å². The molecule has 2 fully saturated rings. The molecule has 4 amide bonds. The van der Waals surface area contributed by atoms with Crippen LogP contribution in [0.5, 0.6) is 0 Å².